The van der Waals surface area contributed by atoms with Gasteiger partial charge < -0.3 is 0 Å². The third-order valence-corrected chi connectivity index (χ3v) is 1.25. The van der Waals surface area contributed by atoms with Crippen LogP contribution in [0.3, 0.4) is 0 Å². The molecule has 0 saturated heterocycles. The average Bonchev–Trinajstić information content (AvgIpc) is 1.75. The molecule has 1 N–H and O–H groups in total. The van der Waals surface area contributed by atoms with Crippen LogP contribution in [-0.4, -0.2) is 50.3 Å². The van der Waals surface area contributed by atoms with E-state index < -0.39 is 28.9 Å². The summed E-state index contributed by atoms with van der Waals surface area (Å²) in [6, 6.07) is 0. The Morgan fingerprint density at radius 2 is 1.27 bits per heavy atom. The Kier molecular flexibility index (Phi) is 5.72. The summed E-state index contributed by atoms with van der Waals surface area (Å²) in [5.41, 5.74) is 0. The Labute approximate surface area is 91.7 Å². The van der Waals surface area contributed by atoms with Crippen molar-refractivity contribution in [2.75, 3.05) is 0 Å². The predicted molar refractivity (Wildman–Crippen MR) is 35.7 cm³/mol. The van der Waals surface area contributed by atoms with Gasteiger partial charge in [0.2, 0.25) is 0 Å². The maximum absolute atomic E-state index is 11.5. The molecule has 0 fully saturated rings. The van der Waals surface area contributed by atoms with Crippen LogP contribution < -0.4 is 0 Å². The summed E-state index contributed by atoms with van der Waals surface area (Å²) >= 11 is 0. The molecule has 0 spiro atoms. The molecule has 0 unspecified atom stereocenters. The molecule has 0 amide bonds. The second-order valence-corrected chi connectivity index (χ2v) is 3.04. The molecule has 0 rings (SSSR count). The van der Waals surface area contributed by atoms with E-state index >= 15 is 0 Å². The molecule has 0 aliphatic carbocycles. The van der Waals surface area contributed by atoms with E-state index in [4.69, 9.17) is 4.55 Å². The molecule has 0 atom stereocenters. The van der Waals surface area contributed by atoms with Gasteiger partial charge in [-0.05, 0) is 0 Å². The van der Waals surface area contributed by atoms with E-state index in [1.54, 1.807) is 0 Å². The van der Waals surface area contributed by atoms with Crippen molar-refractivity contribution in [3.63, 3.8) is 0 Å². The van der Waals surface area contributed by atoms with Gasteiger partial charge >= 0.3 is 41.6 Å². The minimum absolute atomic E-state index is 0. The first kappa shape index (κ1) is 17.4. The van der Waals surface area contributed by atoms with Crippen LogP contribution in [0.25, 0.3) is 0 Å². The fraction of sp³-hybridized carbons (Fsp3) is 1.00. The van der Waals surface area contributed by atoms with Gasteiger partial charge in [0.1, 0.15) is 0 Å². The van der Waals surface area contributed by atoms with Gasteiger partial charge in [-0.2, -0.15) is 34.8 Å². The summed E-state index contributed by atoms with van der Waals surface area (Å²) in [6.07, 6.45) is -16.5. The molecule has 0 saturated carbocycles. The van der Waals surface area contributed by atoms with Crippen molar-refractivity contribution < 1.29 is 43.5 Å². The molecule has 0 heterocycles. The third kappa shape index (κ3) is 7.02. The van der Waals surface area contributed by atoms with E-state index in [1.165, 1.54) is 0 Å². The van der Waals surface area contributed by atoms with Crippen molar-refractivity contribution in [2.45, 2.75) is 18.5 Å². The van der Waals surface area contributed by atoms with Gasteiger partial charge in [-0.1, -0.05) is 0 Å². The summed E-state index contributed by atoms with van der Waals surface area (Å²) in [6.45, 7) is 0. The Hall–Kier alpha value is 0.0474. The van der Waals surface area contributed by atoms with Gasteiger partial charge in [0, 0.05) is 0 Å². The molecule has 0 aliphatic rings. The quantitative estimate of drug-likeness (QED) is 0.447. The zero-order valence-electron chi connectivity index (χ0n) is 5.93. The third-order valence-electron chi connectivity index (χ3n) is 0.812. The van der Waals surface area contributed by atoms with Crippen molar-refractivity contribution in [1.82, 2.24) is 0 Å². The fourth-order valence-corrected chi connectivity index (χ4v) is 0.878. The van der Waals surface area contributed by atoms with Crippen LogP contribution in [-0.2, 0) is 14.6 Å². The molecule has 0 bridgehead atoms. The van der Waals surface area contributed by atoms with E-state index in [0.717, 1.165) is 0 Å². The normalized spacial score (nSPS) is 13.9. The monoisotopic (exact) mass is 256 g/mol. The number of rotatable bonds is 2. The SMILES string of the molecule is O=S(=O)(O)OC(C(F)(F)F)C(F)(F)F.[LiH]. The Morgan fingerprint density at radius 3 is 1.33 bits per heavy atom. The molecular weight excluding hydrogens is 253 g/mol. The maximum atomic E-state index is 11.5. The van der Waals surface area contributed by atoms with Gasteiger partial charge in [-0.25, -0.2) is 4.18 Å². The van der Waals surface area contributed by atoms with Crippen LogP contribution in [0.15, 0.2) is 0 Å². The van der Waals surface area contributed by atoms with E-state index in [0.29, 0.717) is 0 Å². The van der Waals surface area contributed by atoms with Gasteiger partial charge in [0.05, 0.1) is 0 Å². The van der Waals surface area contributed by atoms with Gasteiger partial charge in [-0.15, -0.1) is 0 Å². The predicted octanol–water partition coefficient (Wildman–Crippen LogP) is 0.651. The molecule has 0 aliphatic heterocycles. The van der Waals surface area contributed by atoms with Gasteiger partial charge in [0.25, 0.3) is 6.10 Å². The molecule has 0 radical (unpaired) electrons. The van der Waals surface area contributed by atoms with E-state index in [9.17, 15) is 34.8 Å². The summed E-state index contributed by atoms with van der Waals surface area (Å²) in [4.78, 5) is 0. The summed E-state index contributed by atoms with van der Waals surface area (Å²) in [5, 5.41) is 0. The van der Waals surface area contributed by atoms with Crippen molar-refractivity contribution >= 4 is 29.3 Å². The van der Waals surface area contributed by atoms with Crippen molar-refractivity contribution in [1.29, 1.82) is 0 Å². The molecule has 15 heavy (non-hydrogen) atoms. The van der Waals surface area contributed by atoms with E-state index in [-0.39, 0.29) is 18.9 Å². The second-order valence-electron chi connectivity index (χ2n) is 1.99. The molecule has 0 aromatic carbocycles. The fourth-order valence-electron chi connectivity index (χ4n) is 0.416. The van der Waals surface area contributed by atoms with Crippen molar-refractivity contribution in [2.24, 2.45) is 0 Å². The van der Waals surface area contributed by atoms with E-state index in [1.807, 2.05) is 0 Å². The summed E-state index contributed by atoms with van der Waals surface area (Å²) in [5.74, 6) is 0. The van der Waals surface area contributed by atoms with Crippen molar-refractivity contribution in [3.8, 4) is 0 Å². The van der Waals surface area contributed by atoms with Crippen LogP contribution in [0.1, 0.15) is 0 Å². The van der Waals surface area contributed by atoms with Crippen LogP contribution in [0.4, 0.5) is 26.3 Å². The molecule has 0 aromatic heterocycles. The molecule has 4 nitrogen and oxygen atoms in total. The van der Waals surface area contributed by atoms with Crippen LogP contribution in [0, 0.1) is 0 Å². The van der Waals surface area contributed by atoms with Crippen LogP contribution in [0.5, 0.6) is 0 Å². The van der Waals surface area contributed by atoms with E-state index in [2.05, 4.69) is 4.18 Å². The first-order valence-corrected chi connectivity index (χ1v) is 3.99. The van der Waals surface area contributed by atoms with Crippen molar-refractivity contribution in [3.05, 3.63) is 0 Å². The minimum atomic E-state index is -5.98. The zero-order chi connectivity index (χ0) is 11.8. The van der Waals surface area contributed by atoms with Crippen LogP contribution in [0.2, 0.25) is 0 Å². The summed E-state index contributed by atoms with van der Waals surface area (Å²) in [7, 11) is -5.83. The zero-order valence-corrected chi connectivity index (χ0v) is 6.74. The molecular formula is C3H3F6LiO4S. The first-order valence-electron chi connectivity index (χ1n) is 2.63. The molecule has 88 valence electrons. The Balaban J connectivity index is 0. The second kappa shape index (κ2) is 4.92. The standard InChI is InChI=1S/C3H2F6O4S.Li.H/c4-2(5,6)1(3(7,8)9)13-14(10,11)12;;/h1H,(H,10,11,12);;. The summed E-state index contributed by atoms with van der Waals surface area (Å²) < 4.78 is 98.6. The topological polar surface area (TPSA) is 63.6 Å². The first-order chi connectivity index (χ1) is 5.84. The average molecular weight is 256 g/mol. The van der Waals surface area contributed by atoms with Crippen LogP contribution >= 0.6 is 0 Å². The van der Waals surface area contributed by atoms with Gasteiger partial charge in [-0.3, -0.25) is 4.55 Å². The number of hydrogen-bond donors (Lipinski definition) is 1. The Morgan fingerprint density at radius 1 is 1.00 bits per heavy atom. The molecule has 0 aromatic rings. The number of halogens is 6. The Bertz CT molecular complexity index is 278. The van der Waals surface area contributed by atoms with Gasteiger partial charge in [0.15, 0.2) is 0 Å². The molecule has 12 heteroatoms. The number of alkyl halides is 6. The number of hydrogen-bond acceptors (Lipinski definition) is 3.